The first-order valence-electron chi connectivity index (χ1n) is 14.7. The van der Waals surface area contributed by atoms with E-state index < -0.39 is 29.1 Å². The Hall–Kier alpha value is -2.97. The van der Waals surface area contributed by atoms with Crippen LogP contribution in [0.2, 0.25) is 0 Å². The van der Waals surface area contributed by atoms with Crippen LogP contribution in [0.4, 0.5) is 5.69 Å². The quantitative estimate of drug-likeness (QED) is 0.451. The molecular formula is C32H43N3O5. The van der Waals surface area contributed by atoms with Crippen molar-refractivity contribution in [2.75, 3.05) is 31.1 Å². The standard InChI is InChI=1S/C32H43N3O5/c1-5-17-33(23-13-9-7-10-14-23)28(37)25-26-29(38)35(19-20-36)27(32(26)21-22(3)31(25,4)40-32)30(39)34(18-6-2)24-15-11-8-12-16-24/h5-7,9-10,13-14,22,24-27,36H,1-2,8,11-12,15-21H2,3-4H3/t22?,25-,26-,27?,31+,32?/m0/s1. The van der Waals surface area contributed by atoms with E-state index in [-0.39, 0.29) is 49.4 Å². The van der Waals surface area contributed by atoms with Gasteiger partial charge < -0.3 is 24.5 Å². The third-order valence-electron chi connectivity index (χ3n) is 9.93. The molecule has 1 aromatic rings. The molecule has 0 aromatic heterocycles. The molecule has 1 spiro atoms. The SMILES string of the molecule is C=CCN(C(=O)[C@@H]1[C@H]2C(=O)N(CCO)C(C(=O)N(CC=C)C3CCCCC3)C23CC(C)[C@@]1(C)O3)c1ccccc1. The fourth-order valence-corrected chi connectivity index (χ4v) is 8.08. The van der Waals surface area contributed by atoms with Crippen molar-refractivity contribution in [3.63, 3.8) is 0 Å². The Kier molecular flexibility index (Phi) is 7.94. The number of hydrogen-bond acceptors (Lipinski definition) is 5. The highest BCUT2D eigenvalue weighted by Gasteiger charge is 2.80. The number of β-amino-alcohol motifs (C(OH)–C–C–N with tert-alkyl or cyclic N) is 1. The Morgan fingerprint density at radius 3 is 2.40 bits per heavy atom. The zero-order valence-electron chi connectivity index (χ0n) is 23.8. The van der Waals surface area contributed by atoms with Crippen molar-refractivity contribution in [1.29, 1.82) is 0 Å². The summed E-state index contributed by atoms with van der Waals surface area (Å²) in [5.74, 6) is -2.28. The highest BCUT2D eigenvalue weighted by molar-refractivity contribution is 6.03. The number of carbonyl (C=O) groups excluding carboxylic acids is 3. The Balaban J connectivity index is 1.58. The van der Waals surface area contributed by atoms with Gasteiger partial charge in [0.25, 0.3) is 0 Å². The Bertz CT molecular complexity index is 1150. The fraction of sp³-hybridized carbons (Fsp3) is 0.594. The van der Waals surface area contributed by atoms with E-state index in [1.54, 1.807) is 17.1 Å². The number of amides is 3. The van der Waals surface area contributed by atoms with E-state index in [9.17, 15) is 19.5 Å². The zero-order chi connectivity index (χ0) is 28.7. The molecule has 4 fully saturated rings. The molecule has 8 heteroatoms. The molecule has 0 radical (unpaired) electrons. The number of para-hydroxylation sites is 1. The molecule has 5 rings (SSSR count). The lowest BCUT2D eigenvalue weighted by Crippen LogP contribution is -2.59. The van der Waals surface area contributed by atoms with Crippen LogP contribution >= 0.6 is 0 Å². The van der Waals surface area contributed by atoms with E-state index in [0.29, 0.717) is 13.0 Å². The minimum absolute atomic E-state index is 0.0184. The summed E-state index contributed by atoms with van der Waals surface area (Å²) in [7, 11) is 0. The van der Waals surface area contributed by atoms with E-state index >= 15 is 0 Å². The largest absolute Gasteiger partial charge is 0.395 e. The summed E-state index contributed by atoms with van der Waals surface area (Å²) in [6.07, 6.45) is 9.03. The van der Waals surface area contributed by atoms with E-state index in [2.05, 4.69) is 20.1 Å². The van der Waals surface area contributed by atoms with Crippen molar-refractivity contribution in [3.05, 3.63) is 55.6 Å². The van der Waals surface area contributed by atoms with Gasteiger partial charge in [0.05, 0.1) is 24.0 Å². The van der Waals surface area contributed by atoms with Crippen LogP contribution in [0.5, 0.6) is 0 Å². The van der Waals surface area contributed by atoms with Gasteiger partial charge in [-0.25, -0.2) is 0 Å². The molecule has 3 amide bonds. The van der Waals surface area contributed by atoms with Crippen LogP contribution in [0.15, 0.2) is 55.6 Å². The average molecular weight is 550 g/mol. The third kappa shape index (κ3) is 4.31. The molecule has 1 saturated carbocycles. The first-order valence-corrected chi connectivity index (χ1v) is 14.7. The third-order valence-corrected chi connectivity index (χ3v) is 9.93. The highest BCUT2D eigenvalue weighted by Crippen LogP contribution is 2.65. The predicted molar refractivity (Wildman–Crippen MR) is 153 cm³/mol. The maximum atomic E-state index is 14.6. The average Bonchev–Trinajstić information content (AvgIpc) is 3.47. The van der Waals surface area contributed by atoms with Gasteiger partial charge in [0.2, 0.25) is 17.7 Å². The summed E-state index contributed by atoms with van der Waals surface area (Å²) < 4.78 is 6.89. The van der Waals surface area contributed by atoms with Crippen molar-refractivity contribution in [1.82, 2.24) is 9.80 Å². The lowest BCUT2D eigenvalue weighted by Gasteiger charge is -2.41. The number of aliphatic hydroxyl groups excluding tert-OH is 1. The van der Waals surface area contributed by atoms with Crippen LogP contribution in [0.3, 0.4) is 0 Å². The normalized spacial score (nSPS) is 33.1. The molecule has 6 atom stereocenters. The summed E-state index contributed by atoms with van der Waals surface area (Å²) in [5.41, 5.74) is -1.33. The summed E-state index contributed by atoms with van der Waals surface area (Å²) in [5, 5.41) is 9.99. The van der Waals surface area contributed by atoms with Gasteiger partial charge in [0.1, 0.15) is 11.6 Å². The number of benzene rings is 1. The van der Waals surface area contributed by atoms with Crippen molar-refractivity contribution < 1.29 is 24.2 Å². The van der Waals surface area contributed by atoms with Crippen LogP contribution in [-0.4, -0.2) is 82.2 Å². The van der Waals surface area contributed by atoms with Gasteiger partial charge in [0.15, 0.2) is 0 Å². The maximum Gasteiger partial charge on any atom is 0.248 e. The molecule has 2 bridgehead atoms. The molecule has 8 nitrogen and oxygen atoms in total. The molecule has 216 valence electrons. The summed E-state index contributed by atoms with van der Waals surface area (Å²) in [4.78, 5) is 48.3. The second kappa shape index (κ2) is 11.1. The minimum atomic E-state index is -1.14. The number of ether oxygens (including phenoxy) is 1. The van der Waals surface area contributed by atoms with Crippen LogP contribution in [-0.2, 0) is 19.1 Å². The molecular weight excluding hydrogens is 506 g/mol. The van der Waals surface area contributed by atoms with Crippen molar-refractivity contribution in [3.8, 4) is 0 Å². The van der Waals surface area contributed by atoms with Crippen LogP contribution in [0.25, 0.3) is 0 Å². The van der Waals surface area contributed by atoms with Crippen molar-refractivity contribution >= 4 is 23.4 Å². The van der Waals surface area contributed by atoms with Gasteiger partial charge in [-0.15, -0.1) is 13.2 Å². The predicted octanol–water partition coefficient (Wildman–Crippen LogP) is 3.56. The smallest absolute Gasteiger partial charge is 0.248 e. The minimum Gasteiger partial charge on any atom is -0.395 e. The van der Waals surface area contributed by atoms with Crippen LogP contribution in [0, 0.1) is 17.8 Å². The van der Waals surface area contributed by atoms with Gasteiger partial charge in [-0.3, -0.25) is 14.4 Å². The Labute approximate surface area is 237 Å². The first kappa shape index (κ1) is 28.6. The number of rotatable bonds is 10. The van der Waals surface area contributed by atoms with Gasteiger partial charge in [-0.05, 0) is 44.2 Å². The molecule has 3 saturated heterocycles. The maximum absolute atomic E-state index is 14.6. The van der Waals surface area contributed by atoms with E-state index in [1.165, 1.54) is 4.90 Å². The molecule has 40 heavy (non-hydrogen) atoms. The van der Waals surface area contributed by atoms with Crippen molar-refractivity contribution in [2.45, 2.75) is 75.7 Å². The second-order valence-corrected chi connectivity index (χ2v) is 12.1. The molecule has 3 unspecified atom stereocenters. The second-order valence-electron chi connectivity index (χ2n) is 12.1. The number of likely N-dealkylation sites (tertiary alicyclic amines) is 1. The topological polar surface area (TPSA) is 90.4 Å². The Morgan fingerprint density at radius 2 is 1.77 bits per heavy atom. The Morgan fingerprint density at radius 1 is 1.10 bits per heavy atom. The molecule has 4 aliphatic rings. The summed E-state index contributed by atoms with van der Waals surface area (Å²) >= 11 is 0. The highest BCUT2D eigenvalue weighted by atomic mass is 16.5. The fourth-order valence-electron chi connectivity index (χ4n) is 8.08. The van der Waals surface area contributed by atoms with E-state index in [4.69, 9.17) is 4.74 Å². The van der Waals surface area contributed by atoms with E-state index in [0.717, 1.165) is 37.8 Å². The summed E-state index contributed by atoms with van der Waals surface area (Å²) in [6.45, 7) is 12.2. The first-order chi connectivity index (χ1) is 19.2. The number of hydrogen-bond donors (Lipinski definition) is 1. The van der Waals surface area contributed by atoms with Crippen molar-refractivity contribution in [2.24, 2.45) is 17.8 Å². The van der Waals surface area contributed by atoms with Gasteiger partial charge in [-0.2, -0.15) is 0 Å². The monoisotopic (exact) mass is 549 g/mol. The molecule has 1 N–H and O–H groups in total. The van der Waals surface area contributed by atoms with Crippen LogP contribution < -0.4 is 4.90 Å². The molecule has 3 aliphatic heterocycles. The molecule has 1 aliphatic carbocycles. The number of nitrogens with zero attached hydrogens (tertiary/aromatic N) is 3. The molecule has 3 heterocycles. The zero-order valence-corrected chi connectivity index (χ0v) is 23.8. The van der Waals surface area contributed by atoms with E-state index in [1.807, 2.05) is 42.2 Å². The van der Waals surface area contributed by atoms with Gasteiger partial charge in [0, 0.05) is 31.4 Å². The lowest BCUT2D eigenvalue weighted by atomic mass is 9.62. The van der Waals surface area contributed by atoms with Gasteiger partial charge in [-0.1, -0.05) is 56.5 Å². The summed E-state index contributed by atoms with van der Waals surface area (Å²) in [6, 6.07) is 8.56. The number of aliphatic hydroxyl groups is 1. The van der Waals surface area contributed by atoms with Crippen LogP contribution in [0.1, 0.15) is 52.4 Å². The molecule has 1 aromatic carbocycles. The number of fused-ring (bicyclic) bond motifs is 1. The van der Waals surface area contributed by atoms with Gasteiger partial charge >= 0.3 is 0 Å². The number of anilines is 1. The number of carbonyl (C=O) groups is 3. The lowest BCUT2D eigenvalue weighted by molar-refractivity contribution is -0.154.